The van der Waals surface area contributed by atoms with E-state index >= 15 is 0 Å². The number of hydrogen-bond acceptors (Lipinski definition) is 8. The summed E-state index contributed by atoms with van der Waals surface area (Å²) in [5.41, 5.74) is 7.27. The molecule has 8 nitrogen and oxygen atoms in total. The third kappa shape index (κ3) is 3.68. The van der Waals surface area contributed by atoms with Crippen molar-refractivity contribution in [2.24, 2.45) is 0 Å². The number of thioether (sulfide) groups is 1. The minimum absolute atomic E-state index is 0.00600. The number of pyridine rings is 1. The maximum atomic E-state index is 13.0. The third-order valence-electron chi connectivity index (χ3n) is 4.72. The van der Waals surface area contributed by atoms with E-state index < -0.39 is 11.2 Å². The van der Waals surface area contributed by atoms with Gasteiger partial charge in [-0.2, -0.15) is 10.5 Å². The molecule has 0 radical (unpaired) electrons. The molecule has 1 aliphatic rings. The largest absolute Gasteiger partial charge is 0.497 e. The topological polar surface area (TPSA) is 133 Å². The number of rotatable bonds is 5. The molecule has 0 unspecified atom stereocenters. The van der Waals surface area contributed by atoms with Crippen LogP contribution in [0, 0.1) is 22.7 Å². The van der Waals surface area contributed by atoms with Gasteiger partial charge in [0.15, 0.2) is 0 Å². The molecule has 2 N–H and O–H groups in total. The van der Waals surface area contributed by atoms with Gasteiger partial charge in [0.2, 0.25) is 11.8 Å². The van der Waals surface area contributed by atoms with Crippen molar-refractivity contribution in [3.63, 3.8) is 0 Å². The van der Waals surface area contributed by atoms with E-state index in [2.05, 4.69) is 11.1 Å². The molecular weight excluding hydrogens is 402 g/mol. The van der Waals surface area contributed by atoms with E-state index in [4.69, 9.17) is 10.5 Å². The van der Waals surface area contributed by atoms with Gasteiger partial charge in [-0.25, -0.2) is 9.88 Å². The summed E-state index contributed by atoms with van der Waals surface area (Å²) in [6, 6.07) is 10.7. The fourth-order valence-electron chi connectivity index (χ4n) is 3.32. The number of benzene rings is 1. The van der Waals surface area contributed by atoms with E-state index in [0.717, 1.165) is 16.7 Å². The van der Waals surface area contributed by atoms with Crippen LogP contribution in [0.2, 0.25) is 0 Å². The maximum Gasteiger partial charge on any atom is 0.247 e. The molecule has 30 heavy (non-hydrogen) atoms. The quantitative estimate of drug-likeness (QED) is 0.729. The second-order valence-corrected chi connectivity index (χ2v) is 8.11. The number of hydrogen-bond donors (Lipinski definition) is 1. The van der Waals surface area contributed by atoms with Gasteiger partial charge in [-0.3, -0.25) is 9.59 Å². The van der Waals surface area contributed by atoms with Crippen molar-refractivity contribution in [3.05, 3.63) is 41.0 Å². The lowest BCUT2D eigenvalue weighted by atomic mass is 9.94. The van der Waals surface area contributed by atoms with Crippen LogP contribution in [-0.4, -0.2) is 29.2 Å². The molecule has 2 amide bonds. The molecule has 1 aromatic carbocycles. The van der Waals surface area contributed by atoms with Crippen molar-refractivity contribution < 1.29 is 14.3 Å². The summed E-state index contributed by atoms with van der Waals surface area (Å²) in [6.45, 7) is 3.70. The summed E-state index contributed by atoms with van der Waals surface area (Å²) < 4.78 is 5.11. The van der Waals surface area contributed by atoms with Crippen LogP contribution in [0.4, 0.5) is 11.5 Å². The summed E-state index contributed by atoms with van der Waals surface area (Å²) in [5.74, 6) is -0.259. The fourth-order valence-corrected chi connectivity index (χ4v) is 4.45. The van der Waals surface area contributed by atoms with Crippen LogP contribution in [-0.2, 0) is 9.59 Å². The van der Waals surface area contributed by atoms with Crippen molar-refractivity contribution in [1.29, 1.82) is 10.5 Å². The molecule has 152 valence electrons. The van der Waals surface area contributed by atoms with Crippen LogP contribution in [0.3, 0.4) is 0 Å². The normalized spacial score (nSPS) is 15.9. The average molecular weight is 421 g/mol. The number of nitrogens with two attached hydrogens (primary N) is 1. The van der Waals surface area contributed by atoms with Crippen LogP contribution in [0.15, 0.2) is 29.3 Å². The number of nitriles is 2. The smallest absolute Gasteiger partial charge is 0.247 e. The van der Waals surface area contributed by atoms with Crippen molar-refractivity contribution >= 4 is 35.1 Å². The van der Waals surface area contributed by atoms with Crippen LogP contribution < -0.4 is 15.4 Å². The number of methoxy groups -OCH3 is 1. The van der Waals surface area contributed by atoms with E-state index in [1.165, 1.54) is 7.11 Å². The highest BCUT2D eigenvalue weighted by Gasteiger charge is 2.41. The van der Waals surface area contributed by atoms with Crippen LogP contribution >= 0.6 is 11.8 Å². The van der Waals surface area contributed by atoms with Gasteiger partial charge in [-0.15, -0.1) is 0 Å². The van der Waals surface area contributed by atoms with Gasteiger partial charge in [0.05, 0.1) is 29.2 Å². The molecule has 9 heteroatoms. The standard InChI is InChI=1S/C21H19N5O3S/c1-11(2)18-14(9-22)19(24)25-20(15(18)10-23)30-16-8-17(27)26(21(16)28)12-4-6-13(29-3)7-5-12/h4-7,11,16H,8H2,1-3H3,(H2,24,25)/t16-/m0/s1. The Morgan fingerprint density at radius 2 is 1.83 bits per heavy atom. The van der Waals surface area contributed by atoms with Gasteiger partial charge in [0, 0.05) is 6.42 Å². The summed E-state index contributed by atoms with van der Waals surface area (Å²) in [6.07, 6.45) is -0.0288. The first-order valence-electron chi connectivity index (χ1n) is 9.13. The van der Waals surface area contributed by atoms with E-state index in [0.29, 0.717) is 17.0 Å². The highest BCUT2D eigenvalue weighted by Crippen LogP contribution is 2.38. The predicted octanol–water partition coefficient (Wildman–Crippen LogP) is 2.96. The van der Waals surface area contributed by atoms with Crippen LogP contribution in [0.25, 0.3) is 0 Å². The van der Waals surface area contributed by atoms with Gasteiger partial charge in [0.25, 0.3) is 0 Å². The van der Waals surface area contributed by atoms with Crippen molar-refractivity contribution in [2.75, 3.05) is 17.7 Å². The lowest BCUT2D eigenvalue weighted by Crippen LogP contribution is -2.31. The first-order valence-corrected chi connectivity index (χ1v) is 10.0. The lowest BCUT2D eigenvalue weighted by molar-refractivity contribution is -0.121. The van der Waals surface area contributed by atoms with Crippen molar-refractivity contribution in [3.8, 4) is 17.9 Å². The Morgan fingerprint density at radius 3 is 2.37 bits per heavy atom. The lowest BCUT2D eigenvalue weighted by Gasteiger charge is -2.17. The molecular formula is C21H19N5O3S. The minimum atomic E-state index is -0.744. The Bertz CT molecular complexity index is 1100. The van der Waals surface area contributed by atoms with Crippen molar-refractivity contribution in [2.45, 2.75) is 36.5 Å². The summed E-state index contributed by atoms with van der Waals surface area (Å²) in [7, 11) is 1.53. The van der Waals surface area contributed by atoms with Crippen molar-refractivity contribution in [1.82, 2.24) is 4.98 Å². The highest BCUT2D eigenvalue weighted by atomic mass is 32.2. The number of ether oxygens (including phenoxy) is 1. The number of nitrogens with zero attached hydrogens (tertiary/aromatic N) is 4. The number of amides is 2. The first kappa shape index (κ1) is 21.2. The molecule has 0 aliphatic carbocycles. The monoisotopic (exact) mass is 421 g/mol. The SMILES string of the molecule is COc1ccc(N2C(=O)C[C@H](Sc3nc(N)c(C#N)c(C(C)C)c3C#N)C2=O)cc1. The molecule has 1 atom stereocenters. The molecule has 2 aromatic rings. The van der Waals surface area contributed by atoms with Gasteiger partial charge >= 0.3 is 0 Å². The van der Waals surface area contributed by atoms with E-state index in [9.17, 15) is 20.1 Å². The minimum Gasteiger partial charge on any atom is -0.497 e. The molecule has 3 rings (SSSR count). The van der Waals surface area contributed by atoms with E-state index in [1.54, 1.807) is 24.3 Å². The van der Waals surface area contributed by atoms with Gasteiger partial charge in [0.1, 0.15) is 28.7 Å². The number of nitrogen functional groups attached to an aromatic ring is 1. The van der Waals surface area contributed by atoms with E-state index in [1.807, 2.05) is 19.9 Å². The second-order valence-electron chi connectivity index (χ2n) is 6.92. The molecule has 1 aromatic heterocycles. The molecule has 1 aliphatic heterocycles. The zero-order valence-electron chi connectivity index (χ0n) is 16.7. The maximum absolute atomic E-state index is 13.0. The Kier molecular flexibility index (Phi) is 5.95. The van der Waals surface area contributed by atoms with Gasteiger partial charge < -0.3 is 10.5 Å². The van der Waals surface area contributed by atoms with Gasteiger partial charge in [-0.1, -0.05) is 25.6 Å². The summed E-state index contributed by atoms with van der Waals surface area (Å²) in [5, 5.41) is 18.6. The fraction of sp³-hybridized carbons (Fsp3) is 0.286. The average Bonchev–Trinajstić information content (AvgIpc) is 3.00. The number of anilines is 2. The zero-order chi connectivity index (χ0) is 22.0. The zero-order valence-corrected chi connectivity index (χ0v) is 17.5. The molecule has 0 saturated carbocycles. The molecule has 1 saturated heterocycles. The number of aromatic nitrogens is 1. The molecule has 0 spiro atoms. The Labute approximate surface area is 178 Å². The third-order valence-corrected chi connectivity index (χ3v) is 5.89. The number of carbonyl (C=O) groups is 2. The summed E-state index contributed by atoms with van der Waals surface area (Å²) in [4.78, 5) is 30.8. The Morgan fingerprint density at radius 1 is 1.20 bits per heavy atom. The first-order chi connectivity index (χ1) is 14.3. The predicted molar refractivity (Wildman–Crippen MR) is 112 cm³/mol. The molecule has 1 fully saturated rings. The Hall–Kier alpha value is -3.56. The summed E-state index contributed by atoms with van der Waals surface area (Å²) >= 11 is 1.03. The van der Waals surface area contributed by atoms with E-state index in [-0.39, 0.29) is 40.2 Å². The molecule has 0 bridgehead atoms. The number of carbonyl (C=O) groups excluding carboxylic acids is 2. The highest BCUT2D eigenvalue weighted by molar-refractivity contribution is 8.00. The van der Waals surface area contributed by atoms with Crippen LogP contribution in [0.5, 0.6) is 5.75 Å². The molecule has 2 heterocycles. The van der Waals surface area contributed by atoms with Crippen LogP contribution in [0.1, 0.15) is 42.9 Å². The Balaban J connectivity index is 1.95. The number of imide groups is 1. The van der Waals surface area contributed by atoms with Gasteiger partial charge in [-0.05, 0) is 35.7 Å². The second kappa shape index (κ2) is 8.44.